The van der Waals surface area contributed by atoms with Gasteiger partial charge in [0.05, 0.1) is 12.5 Å². The van der Waals surface area contributed by atoms with Crippen molar-refractivity contribution in [2.24, 2.45) is 5.92 Å². The average molecular weight is 290 g/mol. The molecule has 4 atom stereocenters. The Morgan fingerprint density at radius 3 is 2.40 bits per heavy atom. The maximum absolute atomic E-state index is 12.1. The lowest BCUT2D eigenvalue weighted by Gasteiger charge is -2.36. The van der Waals surface area contributed by atoms with Crippen molar-refractivity contribution in [1.82, 2.24) is 0 Å². The third-order valence-corrected chi connectivity index (χ3v) is 3.58. The standard InChI is InChI=1S/C14H26O6/c1-3-5-9(6-4-2)14(18)20-10-7-12(16)19-11(8-15)13(10)17/h9-13,15-17H,3-8H2,1-2H3/t10-,11-,12?,13+/m1/s1. The third kappa shape index (κ3) is 4.70. The SMILES string of the molecule is CCCC(CCC)C(=O)O[C@@H]1CC(O)O[C@H](CO)[C@H]1O. The topological polar surface area (TPSA) is 96.2 Å². The molecule has 0 bridgehead atoms. The molecule has 0 aromatic carbocycles. The summed E-state index contributed by atoms with van der Waals surface area (Å²) in [5.41, 5.74) is 0. The van der Waals surface area contributed by atoms with E-state index >= 15 is 0 Å². The van der Waals surface area contributed by atoms with E-state index in [0.717, 1.165) is 25.7 Å². The van der Waals surface area contributed by atoms with Crippen LogP contribution >= 0.6 is 0 Å². The average Bonchev–Trinajstić information content (AvgIpc) is 2.42. The minimum atomic E-state index is -1.14. The van der Waals surface area contributed by atoms with Gasteiger partial charge in [0.25, 0.3) is 0 Å². The molecule has 1 saturated heterocycles. The summed E-state index contributed by atoms with van der Waals surface area (Å²) < 4.78 is 10.3. The number of hydrogen-bond acceptors (Lipinski definition) is 6. The molecule has 1 aliphatic heterocycles. The molecule has 20 heavy (non-hydrogen) atoms. The van der Waals surface area contributed by atoms with Gasteiger partial charge in [-0.25, -0.2) is 0 Å². The van der Waals surface area contributed by atoms with Crippen molar-refractivity contribution in [2.75, 3.05) is 6.61 Å². The molecule has 0 spiro atoms. The van der Waals surface area contributed by atoms with Gasteiger partial charge in [0.2, 0.25) is 0 Å². The number of aliphatic hydroxyl groups excluding tert-OH is 3. The molecule has 3 N–H and O–H groups in total. The highest BCUT2D eigenvalue weighted by molar-refractivity contribution is 5.72. The monoisotopic (exact) mass is 290 g/mol. The third-order valence-electron chi connectivity index (χ3n) is 3.58. The van der Waals surface area contributed by atoms with Crippen LogP contribution in [0.5, 0.6) is 0 Å². The lowest BCUT2D eigenvalue weighted by molar-refractivity contribution is -0.246. The number of hydrogen-bond donors (Lipinski definition) is 3. The van der Waals surface area contributed by atoms with E-state index < -0.39 is 31.2 Å². The second kappa shape index (κ2) is 8.56. The van der Waals surface area contributed by atoms with Crippen LogP contribution in [0.1, 0.15) is 46.0 Å². The highest BCUT2D eigenvalue weighted by Gasteiger charge is 2.39. The summed E-state index contributed by atoms with van der Waals surface area (Å²) in [7, 11) is 0. The summed E-state index contributed by atoms with van der Waals surface area (Å²) in [5.74, 6) is -0.520. The van der Waals surface area contributed by atoms with Gasteiger partial charge in [0.1, 0.15) is 18.3 Å². The molecule has 0 radical (unpaired) electrons. The van der Waals surface area contributed by atoms with Crippen LogP contribution < -0.4 is 0 Å². The van der Waals surface area contributed by atoms with Gasteiger partial charge in [0.15, 0.2) is 6.29 Å². The smallest absolute Gasteiger partial charge is 0.309 e. The quantitative estimate of drug-likeness (QED) is 0.593. The molecule has 6 nitrogen and oxygen atoms in total. The summed E-state index contributed by atoms with van der Waals surface area (Å²) in [6.07, 6.45) is -0.715. The fourth-order valence-corrected chi connectivity index (χ4v) is 2.51. The zero-order chi connectivity index (χ0) is 15.1. The Balaban J connectivity index is 2.62. The normalized spacial score (nSPS) is 30.5. The number of aliphatic hydroxyl groups is 3. The second-order valence-corrected chi connectivity index (χ2v) is 5.29. The summed E-state index contributed by atoms with van der Waals surface area (Å²) in [4.78, 5) is 12.1. The molecule has 6 heteroatoms. The Morgan fingerprint density at radius 1 is 1.30 bits per heavy atom. The van der Waals surface area contributed by atoms with Crippen molar-refractivity contribution >= 4 is 5.97 Å². The van der Waals surface area contributed by atoms with E-state index in [1.54, 1.807) is 0 Å². The lowest BCUT2D eigenvalue weighted by Crippen LogP contribution is -2.51. The van der Waals surface area contributed by atoms with Crippen molar-refractivity contribution in [3.05, 3.63) is 0 Å². The molecule has 0 amide bonds. The van der Waals surface area contributed by atoms with Gasteiger partial charge in [0, 0.05) is 6.42 Å². The molecule has 1 unspecified atom stereocenters. The van der Waals surface area contributed by atoms with Crippen LogP contribution in [0.3, 0.4) is 0 Å². The van der Waals surface area contributed by atoms with E-state index in [9.17, 15) is 15.0 Å². The largest absolute Gasteiger partial charge is 0.459 e. The molecule has 1 heterocycles. The van der Waals surface area contributed by atoms with E-state index in [-0.39, 0.29) is 18.3 Å². The van der Waals surface area contributed by atoms with E-state index in [1.807, 2.05) is 13.8 Å². The Labute approximate surface area is 119 Å². The van der Waals surface area contributed by atoms with Crippen LogP contribution in [0.15, 0.2) is 0 Å². The van der Waals surface area contributed by atoms with Crippen LogP contribution in [0.2, 0.25) is 0 Å². The van der Waals surface area contributed by atoms with Gasteiger partial charge in [-0.05, 0) is 12.8 Å². The van der Waals surface area contributed by atoms with Gasteiger partial charge in [-0.15, -0.1) is 0 Å². The number of esters is 1. The first kappa shape index (κ1) is 17.4. The van der Waals surface area contributed by atoms with E-state index in [4.69, 9.17) is 14.6 Å². The van der Waals surface area contributed by atoms with Gasteiger partial charge in [-0.3, -0.25) is 4.79 Å². The minimum absolute atomic E-state index is 0.0222. The molecular weight excluding hydrogens is 264 g/mol. The Kier molecular flexibility index (Phi) is 7.43. The minimum Gasteiger partial charge on any atom is -0.459 e. The fraction of sp³-hybridized carbons (Fsp3) is 0.929. The highest BCUT2D eigenvalue weighted by atomic mass is 16.6. The first-order valence-corrected chi connectivity index (χ1v) is 7.36. The molecular formula is C14H26O6. The zero-order valence-corrected chi connectivity index (χ0v) is 12.2. The molecule has 1 aliphatic rings. The van der Waals surface area contributed by atoms with Crippen molar-refractivity contribution in [1.29, 1.82) is 0 Å². The highest BCUT2D eigenvalue weighted by Crippen LogP contribution is 2.24. The molecule has 118 valence electrons. The number of carbonyl (C=O) groups excluding carboxylic acids is 1. The van der Waals surface area contributed by atoms with E-state index in [1.165, 1.54) is 0 Å². The van der Waals surface area contributed by atoms with Crippen LogP contribution in [0.25, 0.3) is 0 Å². The van der Waals surface area contributed by atoms with Crippen LogP contribution in [-0.2, 0) is 14.3 Å². The van der Waals surface area contributed by atoms with Gasteiger partial charge < -0.3 is 24.8 Å². The van der Waals surface area contributed by atoms with Crippen molar-refractivity contribution < 1.29 is 29.6 Å². The van der Waals surface area contributed by atoms with Crippen molar-refractivity contribution in [3.8, 4) is 0 Å². The summed E-state index contributed by atoms with van der Waals surface area (Å²) in [5, 5.41) is 28.6. The van der Waals surface area contributed by atoms with E-state index in [0.29, 0.717) is 0 Å². The zero-order valence-electron chi connectivity index (χ0n) is 12.2. The van der Waals surface area contributed by atoms with Crippen molar-refractivity contribution in [2.45, 2.75) is 70.6 Å². The molecule has 0 aromatic heterocycles. The second-order valence-electron chi connectivity index (χ2n) is 5.29. The summed E-state index contributed by atoms with van der Waals surface area (Å²) in [6, 6.07) is 0. The Morgan fingerprint density at radius 2 is 1.90 bits per heavy atom. The van der Waals surface area contributed by atoms with Crippen molar-refractivity contribution in [3.63, 3.8) is 0 Å². The van der Waals surface area contributed by atoms with Gasteiger partial charge in [-0.2, -0.15) is 0 Å². The molecule has 1 rings (SSSR count). The number of ether oxygens (including phenoxy) is 2. The summed E-state index contributed by atoms with van der Waals surface area (Å²) in [6.45, 7) is 3.58. The number of rotatable bonds is 7. The first-order valence-electron chi connectivity index (χ1n) is 7.36. The van der Waals surface area contributed by atoms with E-state index in [2.05, 4.69) is 0 Å². The predicted molar refractivity (Wildman–Crippen MR) is 71.8 cm³/mol. The Bertz CT molecular complexity index is 289. The molecule has 0 aromatic rings. The lowest BCUT2D eigenvalue weighted by atomic mass is 9.97. The maximum atomic E-state index is 12.1. The Hall–Kier alpha value is -0.690. The van der Waals surface area contributed by atoms with Crippen LogP contribution in [0, 0.1) is 5.92 Å². The van der Waals surface area contributed by atoms with Crippen LogP contribution in [-0.4, -0.2) is 52.5 Å². The van der Waals surface area contributed by atoms with Crippen LogP contribution in [0.4, 0.5) is 0 Å². The maximum Gasteiger partial charge on any atom is 0.309 e. The van der Waals surface area contributed by atoms with Gasteiger partial charge in [-0.1, -0.05) is 26.7 Å². The first-order chi connectivity index (χ1) is 9.53. The molecule has 0 saturated carbocycles. The molecule has 1 fully saturated rings. The molecule has 0 aliphatic carbocycles. The number of carbonyl (C=O) groups is 1. The fourth-order valence-electron chi connectivity index (χ4n) is 2.51. The predicted octanol–water partition coefficient (Wildman–Crippen LogP) is 0.575. The summed E-state index contributed by atoms with van der Waals surface area (Å²) >= 11 is 0. The van der Waals surface area contributed by atoms with Gasteiger partial charge >= 0.3 is 5.97 Å².